The van der Waals surface area contributed by atoms with Gasteiger partial charge >= 0.3 is 33.9 Å². The van der Waals surface area contributed by atoms with Gasteiger partial charge in [0.2, 0.25) is 0 Å². The Balaban J connectivity index is -0.000000124. The van der Waals surface area contributed by atoms with Crippen LogP contribution in [0.3, 0.4) is 0 Å². The first kappa shape index (κ1) is 26.5. The Kier molecular flexibility index (Phi) is 29.4. The minimum absolute atomic E-state index is 0. The maximum Gasteiger partial charge on any atom is 0 e. The van der Waals surface area contributed by atoms with Crippen molar-refractivity contribution in [3.05, 3.63) is 56.5 Å². The van der Waals surface area contributed by atoms with Gasteiger partial charge in [-0.25, -0.2) is 0 Å². The third-order valence-corrected chi connectivity index (χ3v) is 1.61. The maximum atomic E-state index is 9.31. The van der Waals surface area contributed by atoms with Crippen LogP contribution < -0.4 is 0 Å². The molecule has 0 saturated heterocycles. The van der Waals surface area contributed by atoms with Crippen molar-refractivity contribution in [3.63, 3.8) is 0 Å². The van der Waals surface area contributed by atoms with E-state index in [1.807, 2.05) is 18.2 Å². The van der Waals surface area contributed by atoms with Crippen molar-refractivity contribution in [2.45, 2.75) is 0 Å². The first-order valence-electron chi connectivity index (χ1n) is 4.25. The normalized spacial score (nSPS) is 6.10. The number of benzene rings is 1. The molecule has 0 aliphatic carbocycles. The first-order chi connectivity index (χ1) is 9.38. The summed E-state index contributed by atoms with van der Waals surface area (Å²) in [6.07, 6.45) is 1.67. The van der Waals surface area contributed by atoms with Crippen LogP contribution in [0.1, 0.15) is 0 Å². The Morgan fingerprint density at radius 1 is 0.950 bits per heavy atom. The van der Waals surface area contributed by atoms with E-state index in [4.69, 9.17) is 18.8 Å². The fourth-order valence-electron chi connectivity index (χ4n) is 1.09. The predicted octanol–water partition coefficient (Wildman–Crippen LogP) is 1.55. The number of phenolic OH excluding ortho intramolecular Hbond substituents is 1. The third-order valence-electron chi connectivity index (χ3n) is 1.61. The molecule has 7 heteroatoms. The average Bonchev–Trinajstić information content (AvgIpc) is 2.56. The van der Waals surface area contributed by atoms with Crippen LogP contribution in [0.5, 0.6) is 5.75 Å². The van der Waals surface area contributed by atoms with E-state index in [0.29, 0.717) is 5.52 Å². The molecule has 1 N–H and O–H groups in total. The maximum absolute atomic E-state index is 9.31. The summed E-state index contributed by atoms with van der Waals surface area (Å²) in [7, 11) is 0. The molecule has 1 heterocycles. The molecule has 2 rings (SSSR count). The van der Waals surface area contributed by atoms with E-state index in [9.17, 15) is 5.11 Å². The van der Waals surface area contributed by atoms with Crippen LogP contribution in [0.25, 0.3) is 10.9 Å². The second kappa shape index (κ2) is 22.2. The number of aromatic hydroxyl groups is 1. The van der Waals surface area contributed by atoms with Crippen LogP contribution in [-0.4, -0.2) is 16.9 Å². The zero-order valence-corrected chi connectivity index (χ0v) is 12.7. The summed E-state index contributed by atoms with van der Waals surface area (Å²) in [6.45, 7) is 16.8. The molecule has 1 radical (unpaired) electrons. The van der Waals surface area contributed by atoms with Gasteiger partial charge in [-0.3, -0.25) is 11.8 Å². The van der Waals surface area contributed by atoms with Crippen molar-refractivity contribution in [1.82, 2.24) is 4.98 Å². The van der Waals surface area contributed by atoms with Crippen molar-refractivity contribution in [2.24, 2.45) is 0 Å². The number of para-hydroxylation sites is 1. The van der Waals surface area contributed by atoms with E-state index < -0.39 is 0 Å². The van der Waals surface area contributed by atoms with E-state index in [1.54, 1.807) is 18.3 Å². The second-order valence-corrected chi connectivity index (χ2v) is 2.35. The average molecular weight is 444 g/mol. The molecule has 103 valence electrons. The summed E-state index contributed by atoms with van der Waals surface area (Å²) in [5, 5.41) is 10.3. The molecule has 0 fully saturated rings. The molecule has 0 saturated carbocycles. The summed E-state index contributed by atoms with van der Waals surface area (Å²) in [5.74, 6) is 0.239. The molecule has 20 heavy (non-hydrogen) atoms. The van der Waals surface area contributed by atoms with Crippen LogP contribution in [0.4, 0.5) is 0 Å². The number of pyridine rings is 1. The molecule has 0 aliphatic heterocycles. The molecule has 0 amide bonds. The quantitative estimate of drug-likeness (QED) is 0.378. The van der Waals surface area contributed by atoms with Crippen molar-refractivity contribution in [3.8, 4) is 5.75 Å². The van der Waals surface area contributed by atoms with Crippen LogP contribution in [0, 0.1) is 20.0 Å². The Morgan fingerprint density at radius 3 is 1.85 bits per heavy atom. The summed E-state index contributed by atoms with van der Waals surface area (Å²) >= 11 is 0. The molecule has 0 unspecified atom stereocenters. The topological polar surface area (TPSA) is 110 Å². The number of hydrogen-bond donors (Lipinski definition) is 1. The van der Waals surface area contributed by atoms with Gasteiger partial charge in [0.15, 0.2) is 0 Å². The number of aromatic nitrogens is 1. The number of rotatable bonds is 0. The summed E-state index contributed by atoms with van der Waals surface area (Å²) < 4.78 is 22.5. The number of phenols is 1. The fourth-order valence-corrected chi connectivity index (χ4v) is 1.09. The van der Waals surface area contributed by atoms with Gasteiger partial charge in [0.05, 0.1) is 0 Å². The number of fused-ring (bicyclic) bond motifs is 1. The molecule has 0 bridgehead atoms. The van der Waals surface area contributed by atoms with Crippen molar-refractivity contribution in [1.29, 1.82) is 0 Å². The van der Waals surface area contributed by atoms with Gasteiger partial charge in [-0.05, 0) is 12.1 Å². The van der Waals surface area contributed by atoms with E-state index in [2.05, 4.69) is 31.7 Å². The van der Waals surface area contributed by atoms with Crippen LogP contribution in [0.2, 0.25) is 0 Å². The molecule has 0 aliphatic rings. The van der Waals surface area contributed by atoms with Gasteiger partial charge < -0.3 is 9.90 Å². The fraction of sp³-hybridized carbons (Fsp3) is 0. The van der Waals surface area contributed by atoms with Crippen molar-refractivity contribution in [2.75, 3.05) is 0 Å². The minimum atomic E-state index is 0. The van der Waals surface area contributed by atoms with E-state index >= 15 is 0 Å². The zero-order valence-electron chi connectivity index (χ0n) is 9.95. The monoisotopic (exact) mass is 445 g/mol. The van der Waals surface area contributed by atoms with Crippen LogP contribution >= 0.6 is 0 Å². The van der Waals surface area contributed by atoms with E-state index in [0.717, 1.165) is 5.39 Å². The third kappa shape index (κ3) is 9.96. The zero-order chi connectivity index (χ0) is 15.7. The molecular weight excluding hydrogens is 436 g/mol. The van der Waals surface area contributed by atoms with Gasteiger partial charge in [0.1, 0.15) is 11.3 Å². The summed E-state index contributed by atoms with van der Waals surface area (Å²) in [4.78, 5) is 11.8. The number of carbonyl (C=O) groups excluding carboxylic acids is 1. The standard InChI is InChI=1S/C9H7NO.CHO.3CO.Re/c11-8-5-1-3-7-4-2-6-10-9(7)8;4*1-2;/h1-6,11H;1H;;;;/q;-1;;;;. The molecule has 0 atom stereocenters. The predicted molar refractivity (Wildman–Crippen MR) is 61.9 cm³/mol. The molecule has 1 aromatic carbocycles. The molecule has 1 aromatic heterocycles. The Bertz CT molecular complexity index is 505. The Hall–Kier alpha value is -2.02. The first-order valence-corrected chi connectivity index (χ1v) is 4.25. The van der Waals surface area contributed by atoms with Gasteiger partial charge in [0.25, 0.3) is 0 Å². The van der Waals surface area contributed by atoms with Crippen LogP contribution in [-0.2, 0) is 39.2 Å². The van der Waals surface area contributed by atoms with Crippen molar-refractivity contribution < 1.29 is 44.3 Å². The minimum Gasteiger partial charge on any atom is -0.545 e. The van der Waals surface area contributed by atoms with Crippen LogP contribution in [0.15, 0.2) is 36.5 Å². The van der Waals surface area contributed by atoms with Gasteiger partial charge in [-0.15, -0.1) is 0 Å². The number of nitrogens with zero attached hydrogens (tertiary/aromatic N) is 1. The Labute approximate surface area is 129 Å². The largest absolute Gasteiger partial charge is 0.545 e. The summed E-state index contributed by atoms with van der Waals surface area (Å²) in [6, 6.07) is 9.13. The smallest absolute Gasteiger partial charge is 0 e. The molecule has 2 aromatic rings. The molecular formula is C13H8NO5Re-. The second-order valence-electron chi connectivity index (χ2n) is 2.35. The van der Waals surface area contributed by atoms with Gasteiger partial charge in [-0.1, -0.05) is 18.2 Å². The van der Waals surface area contributed by atoms with E-state index in [1.165, 1.54) is 0 Å². The van der Waals surface area contributed by atoms with Gasteiger partial charge in [-0.2, -0.15) is 0 Å². The van der Waals surface area contributed by atoms with E-state index in [-0.39, 0.29) is 26.2 Å². The SMILES string of the molecule is Oc1cccc2cccnc12.[C-]#[O+].[C-]#[O+].[C-]#[O+].[CH-]=O.[Re]. The number of hydrogen-bond acceptors (Lipinski definition) is 3. The van der Waals surface area contributed by atoms with Crippen molar-refractivity contribution >= 4 is 17.7 Å². The Morgan fingerprint density at radius 2 is 1.40 bits per heavy atom. The summed E-state index contributed by atoms with van der Waals surface area (Å²) in [5.41, 5.74) is 0.662. The molecule has 0 spiro atoms. The van der Waals surface area contributed by atoms with Gasteiger partial charge in [0, 0.05) is 32.0 Å². The molecule has 6 nitrogen and oxygen atoms in total.